The summed E-state index contributed by atoms with van der Waals surface area (Å²) in [6.45, 7) is 2.89. The quantitative estimate of drug-likeness (QED) is 0.539. The van der Waals surface area contributed by atoms with E-state index in [-0.39, 0.29) is 16.7 Å². The summed E-state index contributed by atoms with van der Waals surface area (Å²) in [4.78, 5) is 23.7. The topological polar surface area (TPSA) is 75.6 Å². The van der Waals surface area contributed by atoms with Crippen molar-refractivity contribution in [1.82, 2.24) is 5.32 Å². The van der Waals surface area contributed by atoms with Crippen molar-refractivity contribution in [3.05, 3.63) is 28.2 Å². The van der Waals surface area contributed by atoms with Gasteiger partial charge in [0.05, 0.1) is 10.8 Å². The molecule has 0 saturated heterocycles. The summed E-state index contributed by atoms with van der Waals surface area (Å²) in [5.74, 6) is -1.12. The van der Waals surface area contributed by atoms with E-state index in [0.717, 1.165) is 10.9 Å². The number of rotatable bonds is 8. The molecule has 0 aliphatic rings. The smallest absolute Gasteiger partial charge is 0.336 e. The van der Waals surface area contributed by atoms with Crippen molar-refractivity contribution < 1.29 is 19.4 Å². The Balaban J connectivity index is 2.65. The lowest BCUT2D eigenvalue weighted by Crippen LogP contribution is -2.32. The van der Waals surface area contributed by atoms with Crippen LogP contribution >= 0.6 is 27.7 Å². The molecule has 0 aliphatic heterocycles. The number of aromatic carboxylic acids is 1. The molecule has 2 N–H and O–H groups in total. The van der Waals surface area contributed by atoms with Gasteiger partial charge in [0.2, 0.25) is 5.91 Å². The van der Waals surface area contributed by atoms with Crippen LogP contribution in [0.1, 0.15) is 23.7 Å². The van der Waals surface area contributed by atoms with Crippen LogP contribution in [-0.2, 0) is 9.53 Å². The molecule has 0 bridgehead atoms. The number of carboxylic acids is 1. The normalized spacial score (nSPS) is 12.0. The molecule has 0 aliphatic carbocycles. The number of halogens is 1. The molecule has 1 atom stereocenters. The third kappa shape index (κ3) is 6.07. The van der Waals surface area contributed by atoms with Gasteiger partial charge in [-0.1, -0.05) is 15.9 Å². The third-order valence-electron chi connectivity index (χ3n) is 2.67. The molecule has 21 heavy (non-hydrogen) atoms. The molecule has 5 nitrogen and oxygen atoms in total. The molecule has 0 aromatic heterocycles. The van der Waals surface area contributed by atoms with E-state index in [2.05, 4.69) is 21.2 Å². The highest BCUT2D eigenvalue weighted by molar-refractivity contribution is 9.10. The van der Waals surface area contributed by atoms with Crippen LogP contribution in [0.25, 0.3) is 0 Å². The standard InChI is InChI=1S/C14H18BrNO4S/c1-9(13(17)16-6-3-7-20-2)21-12-8-10(15)4-5-11(12)14(18)19/h4-5,8-9H,3,6-7H2,1-2H3,(H,16,17)(H,18,19). The first kappa shape index (κ1) is 18.0. The first-order valence-electron chi connectivity index (χ1n) is 6.42. The Morgan fingerprint density at radius 2 is 2.19 bits per heavy atom. The van der Waals surface area contributed by atoms with E-state index in [1.807, 2.05) is 0 Å². The molecular formula is C14H18BrNO4S. The summed E-state index contributed by atoms with van der Waals surface area (Å²) in [6.07, 6.45) is 0.747. The maximum absolute atomic E-state index is 11.9. The summed E-state index contributed by atoms with van der Waals surface area (Å²) in [7, 11) is 1.61. The molecule has 116 valence electrons. The summed E-state index contributed by atoms with van der Waals surface area (Å²) in [5.41, 5.74) is 0.197. The van der Waals surface area contributed by atoms with Gasteiger partial charge in [0, 0.05) is 29.6 Å². The van der Waals surface area contributed by atoms with E-state index in [0.29, 0.717) is 18.0 Å². The minimum Gasteiger partial charge on any atom is -0.478 e. The molecule has 0 fully saturated rings. The van der Waals surface area contributed by atoms with Crippen LogP contribution in [0.15, 0.2) is 27.6 Å². The van der Waals surface area contributed by atoms with Crippen LogP contribution in [0.5, 0.6) is 0 Å². The van der Waals surface area contributed by atoms with Crippen molar-refractivity contribution in [3.8, 4) is 0 Å². The number of thioether (sulfide) groups is 1. The summed E-state index contributed by atoms with van der Waals surface area (Å²) in [6, 6.07) is 4.91. The molecule has 0 radical (unpaired) electrons. The van der Waals surface area contributed by atoms with Crippen LogP contribution < -0.4 is 5.32 Å². The Morgan fingerprint density at radius 3 is 2.81 bits per heavy atom. The van der Waals surface area contributed by atoms with Gasteiger partial charge in [-0.2, -0.15) is 0 Å². The van der Waals surface area contributed by atoms with Crippen molar-refractivity contribution in [3.63, 3.8) is 0 Å². The Bertz CT molecular complexity index is 510. The third-order valence-corrected chi connectivity index (χ3v) is 4.32. The van der Waals surface area contributed by atoms with Gasteiger partial charge in [0.25, 0.3) is 0 Å². The number of methoxy groups -OCH3 is 1. The zero-order chi connectivity index (χ0) is 15.8. The fourth-order valence-corrected chi connectivity index (χ4v) is 3.15. The monoisotopic (exact) mass is 375 g/mol. The van der Waals surface area contributed by atoms with Crippen molar-refractivity contribution >= 4 is 39.6 Å². The molecular weight excluding hydrogens is 358 g/mol. The van der Waals surface area contributed by atoms with Gasteiger partial charge in [-0.3, -0.25) is 4.79 Å². The fraction of sp³-hybridized carbons (Fsp3) is 0.429. The highest BCUT2D eigenvalue weighted by atomic mass is 79.9. The summed E-state index contributed by atoms with van der Waals surface area (Å²) >= 11 is 4.54. The van der Waals surface area contributed by atoms with Gasteiger partial charge in [0.1, 0.15) is 0 Å². The van der Waals surface area contributed by atoms with Crippen LogP contribution in [-0.4, -0.2) is 42.5 Å². The molecule has 1 aromatic carbocycles. The Morgan fingerprint density at radius 1 is 1.48 bits per heavy atom. The van der Waals surface area contributed by atoms with Crippen LogP contribution in [0.2, 0.25) is 0 Å². The zero-order valence-electron chi connectivity index (χ0n) is 11.9. The second-order valence-corrected chi connectivity index (χ2v) is 6.64. The molecule has 1 unspecified atom stereocenters. The first-order valence-corrected chi connectivity index (χ1v) is 8.09. The molecule has 0 saturated carbocycles. The van der Waals surface area contributed by atoms with E-state index < -0.39 is 5.97 Å². The number of benzene rings is 1. The van der Waals surface area contributed by atoms with Crippen LogP contribution in [0, 0.1) is 0 Å². The highest BCUT2D eigenvalue weighted by Gasteiger charge is 2.18. The molecule has 1 amide bonds. The lowest BCUT2D eigenvalue weighted by Gasteiger charge is -2.13. The van der Waals surface area contributed by atoms with E-state index in [4.69, 9.17) is 9.84 Å². The van der Waals surface area contributed by atoms with Gasteiger partial charge >= 0.3 is 5.97 Å². The van der Waals surface area contributed by atoms with Gasteiger partial charge in [-0.05, 0) is 31.5 Å². The van der Waals surface area contributed by atoms with Crippen LogP contribution in [0.3, 0.4) is 0 Å². The molecule has 1 aromatic rings. The lowest BCUT2D eigenvalue weighted by atomic mass is 10.2. The number of carboxylic acid groups (broad SMARTS) is 1. The predicted molar refractivity (Wildman–Crippen MR) is 85.9 cm³/mol. The zero-order valence-corrected chi connectivity index (χ0v) is 14.3. The number of hydrogen-bond acceptors (Lipinski definition) is 4. The first-order chi connectivity index (χ1) is 9.95. The number of carbonyl (C=O) groups is 2. The Labute approximate surface area is 136 Å². The Kier molecular flexibility index (Phi) is 7.77. The minimum absolute atomic E-state index is 0.118. The van der Waals surface area contributed by atoms with Gasteiger partial charge < -0.3 is 15.2 Å². The van der Waals surface area contributed by atoms with Gasteiger partial charge in [-0.15, -0.1) is 11.8 Å². The number of hydrogen-bond donors (Lipinski definition) is 2. The van der Waals surface area contributed by atoms with E-state index in [1.54, 1.807) is 26.2 Å². The van der Waals surface area contributed by atoms with Crippen molar-refractivity contribution in [2.45, 2.75) is 23.5 Å². The highest BCUT2D eigenvalue weighted by Crippen LogP contribution is 2.30. The number of nitrogens with one attached hydrogen (secondary N) is 1. The maximum Gasteiger partial charge on any atom is 0.336 e. The average molecular weight is 376 g/mol. The summed E-state index contributed by atoms with van der Waals surface area (Å²) in [5, 5.41) is 11.6. The van der Waals surface area contributed by atoms with Crippen molar-refractivity contribution in [2.24, 2.45) is 0 Å². The second kappa shape index (κ2) is 9.07. The van der Waals surface area contributed by atoms with Gasteiger partial charge in [-0.25, -0.2) is 4.79 Å². The molecule has 1 rings (SSSR count). The second-order valence-electron chi connectivity index (χ2n) is 4.34. The van der Waals surface area contributed by atoms with E-state index in [1.165, 1.54) is 17.8 Å². The summed E-state index contributed by atoms with van der Waals surface area (Å²) < 4.78 is 5.69. The van der Waals surface area contributed by atoms with Crippen LogP contribution in [0.4, 0.5) is 0 Å². The Hall–Kier alpha value is -1.05. The molecule has 0 spiro atoms. The lowest BCUT2D eigenvalue weighted by molar-refractivity contribution is -0.120. The van der Waals surface area contributed by atoms with Gasteiger partial charge in [0.15, 0.2) is 0 Å². The number of carbonyl (C=O) groups excluding carboxylic acids is 1. The minimum atomic E-state index is -1.00. The number of ether oxygens (including phenoxy) is 1. The SMILES string of the molecule is COCCCNC(=O)C(C)Sc1cc(Br)ccc1C(=O)O. The molecule has 0 heterocycles. The molecule has 7 heteroatoms. The van der Waals surface area contributed by atoms with E-state index >= 15 is 0 Å². The fourth-order valence-electron chi connectivity index (χ4n) is 1.59. The van der Waals surface area contributed by atoms with Crippen molar-refractivity contribution in [2.75, 3.05) is 20.3 Å². The van der Waals surface area contributed by atoms with Crippen molar-refractivity contribution in [1.29, 1.82) is 0 Å². The largest absolute Gasteiger partial charge is 0.478 e. The van der Waals surface area contributed by atoms with E-state index in [9.17, 15) is 9.59 Å². The predicted octanol–water partition coefficient (Wildman–Crippen LogP) is 2.78. The average Bonchev–Trinajstić information content (AvgIpc) is 2.43. The number of amides is 1. The maximum atomic E-state index is 11.9.